The first-order valence-electron chi connectivity index (χ1n) is 10.2. The van der Waals surface area contributed by atoms with Gasteiger partial charge in [0, 0.05) is 11.1 Å². The number of ether oxygens (including phenoxy) is 5. The van der Waals surface area contributed by atoms with Gasteiger partial charge in [-0.2, -0.15) is 0 Å². The minimum absolute atomic E-state index is 0.197. The van der Waals surface area contributed by atoms with Crippen molar-refractivity contribution in [1.82, 2.24) is 0 Å². The van der Waals surface area contributed by atoms with E-state index in [1.807, 2.05) is 37.3 Å². The molecule has 0 spiro atoms. The summed E-state index contributed by atoms with van der Waals surface area (Å²) in [6.45, 7) is 2.20. The number of aryl methyl sites for hydroxylation is 1. The molecule has 0 radical (unpaired) electrons. The molecule has 1 heterocycles. The van der Waals surface area contributed by atoms with Gasteiger partial charge in [0.2, 0.25) is 11.5 Å². The highest BCUT2D eigenvalue weighted by molar-refractivity contribution is 6.30. The largest absolute Gasteiger partial charge is 0.493 e. The third-order valence-electron chi connectivity index (χ3n) is 5.22. The van der Waals surface area contributed by atoms with Crippen LogP contribution in [-0.2, 0) is 6.61 Å². The molecule has 1 aliphatic rings. The van der Waals surface area contributed by atoms with E-state index in [4.69, 9.17) is 35.3 Å². The van der Waals surface area contributed by atoms with Gasteiger partial charge in [0.25, 0.3) is 0 Å². The second kappa shape index (κ2) is 9.46. The van der Waals surface area contributed by atoms with Gasteiger partial charge in [0.05, 0.1) is 26.9 Å². The molecule has 6 nitrogen and oxygen atoms in total. The number of methoxy groups -OCH3 is 3. The average molecular weight is 467 g/mol. The number of benzene rings is 3. The van der Waals surface area contributed by atoms with Gasteiger partial charge in [-0.15, -0.1) is 0 Å². The topological polar surface area (TPSA) is 63.2 Å². The Morgan fingerprint density at radius 1 is 0.970 bits per heavy atom. The van der Waals surface area contributed by atoms with Crippen LogP contribution in [0.2, 0.25) is 5.02 Å². The molecular formula is C26H23ClO6. The van der Waals surface area contributed by atoms with Crippen molar-refractivity contribution in [1.29, 1.82) is 0 Å². The van der Waals surface area contributed by atoms with Crippen LogP contribution in [0, 0.1) is 6.92 Å². The predicted molar refractivity (Wildman–Crippen MR) is 126 cm³/mol. The molecule has 0 aromatic heterocycles. The number of allylic oxidation sites excluding steroid dienone is 1. The summed E-state index contributed by atoms with van der Waals surface area (Å²) in [6, 6.07) is 14.5. The molecule has 3 aromatic rings. The first kappa shape index (κ1) is 22.6. The molecule has 33 heavy (non-hydrogen) atoms. The van der Waals surface area contributed by atoms with E-state index in [9.17, 15) is 4.79 Å². The molecule has 4 rings (SSSR count). The number of halogens is 1. The fraction of sp³-hybridized carbons (Fsp3) is 0.192. The van der Waals surface area contributed by atoms with Crippen LogP contribution in [0.3, 0.4) is 0 Å². The van der Waals surface area contributed by atoms with Gasteiger partial charge in [0.15, 0.2) is 17.3 Å². The van der Waals surface area contributed by atoms with E-state index in [1.54, 1.807) is 24.3 Å². The molecule has 0 N–H and O–H groups in total. The second-order valence-corrected chi connectivity index (χ2v) is 7.87. The van der Waals surface area contributed by atoms with Crippen molar-refractivity contribution < 1.29 is 28.5 Å². The molecule has 0 aliphatic carbocycles. The Morgan fingerprint density at radius 2 is 1.70 bits per heavy atom. The van der Waals surface area contributed by atoms with E-state index in [2.05, 4.69) is 0 Å². The lowest BCUT2D eigenvalue weighted by atomic mass is 10.0. The first-order chi connectivity index (χ1) is 15.9. The monoisotopic (exact) mass is 466 g/mol. The highest BCUT2D eigenvalue weighted by atomic mass is 35.5. The Kier molecular flexibility index (Phi) is 6.47. The van der Waals surface area contributed by atoms with Crippen LogP contribution in [0.4, 0.5) is 0 Å². The summed E-state index contributed by atoms with van der Waals surface area (Å²) in [5, 5.41) is 0.650. The number of fused-ring (bicyclic) bond motifs is 1. The Morgan fingerprint density at radius 3 is 2.33 bits per heavy atom. The zero-order chi connectivity index (χ0) is 23.5. The van der Waals surface area contributed by atoms with Crippen molar-refractivity contribution in [2.45, 2.75) is 13.5 Å². The molecule has 0 bridgehead atoms. The molecule has 0 unspecified atom stereocenters. The van der Waals surface area contributed by atoms with Gasteiger partial charge in [-0.3, -0.25) is 4.79 Å². The minimum atomic E-state index is -0.197. The smallest absolute Gasteiger partial charge is 0.232 e. The van der Waals surface area contributed by atoms with Crippen LogP contribution in [0.25, 0.3) is 6.08 Å². The number of carbonyl (C=O) groups is 1. The maximum absolute atomic E-state index is 13.0. The Hall–Kier alpha value is -3.64. The summed E-state index contributed by atoms with van der Waals surface area (Å²) in [4.78, 5) is 13.0. The lowest BCUT2D eigenvalue weighted by Gasteiger charge is -2.13. The summed E-state index contributed by atoms with van der Waals surface area (Å²) >= 11 is 6.04. The predicted octanol–water partition coefficient (Wildman–Crippen LogP) is 5.87. The number of hydrogen-bond donors (Lipinski definition) is 0. The molecule has 1 aliphatic heterocycles. The van der Waals surface area contributed by atoms with E-state index in [1.165, 1.54) is 21.3 Å². The third-order valence-corrected chi connectivity index (χ3v) is 5.46. The van der Waals surface area contributed by atoms with Crippen molar-refractivity contribution in [3.05, 3.63) is 81.6 Å². The van der Waals surface area contributed by atoms with Gasteiger partial charge >= 0.3 is 0 Å². The number of rotatable bonds is 7. The lowest BCUT2D eigenvalue weighted by molar-refractivity contribution is 0.101. The van der Waals surface area contributed by atoms with E-state index >= 15 is 0 Å². The fourth-order valence-corrected chi connectivity index (χ4v) is 3.90. The van der Waals surface area contributed by atoms with E-state index < -0.39 is 0 Å². The summed E-state index contributed by atoms with van der Waals surface area (Å²) in [7, 11) is 4.61. The number of hydrogen-bond acceptors (Lipinski definition) is 6. The number of carbonyl (C=O) groups excluding carboxylic acids is 1. The maximum atomic E-state index is 13.0. The van der Waals surface area contributed by atoms with Gasteiger partial charge in [-0.25, -0.2) is 0 Å². The van der Waals surface area contributed by atoms with Gasteiger partial charge in [-0.05, 0) is 60.0 Å². The van der Waals surface area contributed by atoms with Crippen molar-refractivity contribution in [3.8, 4) is 28.7 Å². The van der Waals surface area contributed by atoms with Crippen molar-refractivity contribution >= 4 is 23.5 Å². The Bertz CT molecular complexity index is 1220. The van der Waals surface area contributed by atoms with E-state index in [-0.39, 0.29) is 11.5 Å². The summed E-state index contributed by atoms with van der Waals surface area (Å²) in [5.41, 5.74) is 2.91. The van der Waals surface area contributed by atoms with Crippen molar-refractivity contribution in [3.63, 3.8) is 0 Å². The highest BCUT2D eigenvalue weighted by Crippen LogP contribution is 2.41. The molecule has 0 atom stereocenters. The summed E-state index contributed by atoms with van der Waals surface area (Å²) < 4.78 is 28.0. The molecular weight excluding hydrogens is 444 g/mol. The SMILES string of the molecule is COc1cc(/C=C2\Oc3cc(OCc4cccc(Cl)c4)cc(C)c3C2=O)cc(OC)c1OC. The molecule has 170 valence electrons. The van der Waals surface area contributed by atoms with Gasteiger partial charge in [-0.1, -0.05) is 23.7 Å². The van der Waals surface area contributed by atoms with Gasteiger partial charge in [0.1, 0.15) is 18.1 Å². The standard InChI is InChI=1S/C26H23ClO6/c1-15-8-19(32-14-16-6-5-7-18(27)9-16)13-20-24(15)25(28)21(33-20)10-17-11-22(29-2)26(31-4)23(12-17)30-3/h5-13H,14H2,1-4H3/b21-10-. The maximum Gasteiger partial charge on any atom is 0.232 e. The lowest BCUT2D eigenvalue weighted by Crippen LogP contribution is -2.01. The summed E-state index contributed by atoms with van der Waals surface area (Å²) in [5.74, 6) is 2.51. The van der Waals surface area contributed by atoms with E-state index in [0.717, 1.165) is 11.1 Å². The highest BCUT2D eigenvalue weighted by Gasteiger charge is 2.30. The van der Waals surface area contributed by atoms with E-state index in [0.29, 0.717) is 51.5 Å². The van der Waals surface area contributed by atoms with Crippen LogP contribution in [0.1, 0.15) is 27.0 Å². The van der Waals surface area contributed by atoms with Crippen LogP contribution in [0.15, 0.2) is 54.3 Å². The molecule has 0 fully saturated rings. The molecule has 3 aromatic carbocycles. The molecule has 7 heteroatoms. The zero-order valence-corrected chi connectivity index (χ0v) is 19.5. The number of Topliss-reactive ketones (excluding diaryl/α,β-unsaturated/α-hetero) is 1. The average Bonchev–Trinajstić information content (AvgIpc) is 3.12. The fourth-order valence-electron chi connectivity index (χ4n) is 3.69. The van der Waals surface area contributed by atoms with Crippen LogP contribution < -0.4 is 23.7 Å². The Balaban J connectivity index is 1.61. The van der Waals surface area contributed by atoms with Crippen LogP contribution in [0.5, 0.6) is 28.7 Å². The third kappa shape index (κ3) is 4.61. The quantitative estimate of drug-likeness (QED) is 0.406. The van der Waals surface area contributed by atoms with Crippen LogP contribution >= 0.6 is 11.6 Å². The molecule has 0 saturated carbocycles. The molecule has 0 saturated heterocycles. The van der Waals surface area contributed by atoms with Crippen LogP contribution in [-0.4, -0.2) is 27.1 Å². The number of ketones is 1. The summed E-state index contributed by atoms with van der Waals surface area (Å²) in [6.07, 6.45) is 1.65. The normalized spacial score (nSPS) is 13.5. The van der Waals surface area contributed by atoms with Crippen molar-refractivity contribution in [2.24, 2.45) is 0 Å². The van der Waals surface area contributed by atoms with Gasteiger partial charge < -0.3 is 23.7 Å². The first-order valence-corrected chi connectivity index (χ1v) is 10.6. The minimum Gasteiger partial charge on any atom is -0.493 e. The van der Waals surface area contributed by atoms with Crippen molar-refractivity contribution in [2.75, 3.05) is 21.3 Å². The Labute approximate surface area is 197 Å². The second-order valence-electron chi connectivity index (χ2n) is 7.43. The molecule has 0 amide bonds. The zero-order valence-electron chi connectivity index (χ0n) is 18.7.